The molecule has 192 valence electrons. The second kappa shape index (κ2) is 10.9. The zero-order valence-corrected chi connectivity index (χ0v) is 21.6. The number of fused-ring (bicyclic) bond motifs is 2. The highest BCUT2D eigenvalue weighted by molar-refractivity contribution is 6.13. The minimum atomic E-state index is -0.224. The Balaban J connectivity index is 1.20. The minimum Gasteiger partial charge on any atom is -0.339 e. The number of nitrogens with zero attached hydrogens (tertiary/aromatic N) is 2. The lowest BCUT2D eigenvalue weighted by atomic mass is 9.97. The Bertz CT molecular complexity index is 1650. The molecule has 5 nitrogen and oxygen atoms in total. The number of carbonyl (C=O) groups excluding carboxylic acids is 2. The van der Waals surface area contributed by atoms with Crippen molar-refractivity contribution in [3.63, 3.8) is 0 Å². The minimum absolute atomic E-state index is 0.0529. The molecule has 0 saturated carbocycles. The molecule has 0 atom stereocenters. The number of hydrogen-bond acceptors (Lipinski definition) is 3. The second-order valence-corrected chi connectivity index (χ2v) is 9.93. The summed E-state index contributed by atoms with van der Waals surface area (Å²) in [6.07, 6.45) is 5.18. The standard InChI is InChI=1S/C34H29N3O2/c38-33(36-28-17-15-24(16-18-28)34(39)37-19-6-1-7-20-37)27-11-8-12-29(22-27)35-23-32-30-13-4-2-9-25(30)21-26-10-3-5-14-31(26)32/h2-5,8-18,21-23H,1,6-7,19-20H2,(H,36,38). The molecule has 5 aromatic carbocycles. The maximum Gasteiger partial charge on any atom is 0.255 e. The van der Waals surface area contributed by atoms with E-state index in [1.165, 1.54) is 6.42 Å². The molecule has 1 N–H and O–H groups in total. The van der Waals surface area contributed by atoms with Crippen molar-refractivity contribution in [3.8, 4) is 0 Å². The van der Waals surface area contributed by atoms with Gasteiger partial charge in [0.15, 0.2) is 0 Å². The average Bonchev–Trinajstić information content (AvgIpc) is 3.00. The molecule has 6 rings (SSSR count). The van der Waals surface area contributed by atoms with E-state index < -0.39 is 0 Å². The maximum absolute atomic E-state index is 13.0. The second-order valence-electron chi connectivity index (χ2n) is 9.93. The van der Waals surface area contributed by atoms with Gasteiger partial charge in [-0.2, -0.15) is 0 Å². The molecule has 0 aliphatic carbocycles. The monoisotopic (exact) mass is 511 g/mol. The fourth-order valence-electron chi connectivity index (χ4n) is 5.23. The third-order valence-electron chi connectivity index (χ3n) is 7.30. The maximum atomic E-state index is 13.0. The first-order valence-corrected chi connectivity index (χ1v) is 13.4. The van der Waals surface area contributed by atoms with Gasteiger partial charge in [0, 0.05) is 41.7 Å². The van der Waals surface area contributed by atoms with Crippen molar-refractivity contribution in [1.82, 2.24) is 4.90 Å². The lowest BCUT2D eigenvalue weighted by molar-refractivity contribution is 0.0724. The van der Waals surface area contributed by atoms with E-state index >= 15 is 0 Å². The highest BCUT2D eigenvalue weighted by Gasteiger charge is 2.18. The van der Waals surface area contributed by atoms with Gasteiger partial charge in [-0.05, 0) is 89.3 Å². The predicted octanol–water partition coefficient (Wildman–Crippen LogP) is 7.62. The van der Waals surface area contributed by atoms with E-state index in [1.807, 2.05) is 47.5 Å². The van der Waals surface area contributed by atoms with Crippen LogP contribution in [0, 0.1) is 0 Å². The van der Waals surface area contributed by atoms with Gasteiger partial charge in [0.05, 0.1) is 5.69 Å². The lowest BCUT2D eigenvalue weighted by Gasteiger charge is -2.26. The summed E-state index contributed by atoms with van der Waals surface area (Å²) in [5, 5.41) is 7.53. The Morgan fingerprint density at radius 2 is 1.36 bits per heavy atom. The number of hydrogen-bond donors (Lipinski definition) is 1. The summed E-state index contributed by atoms with van der Waals surface area (Å²) in [6.45, 7) is 1.62. The molecule has 39 heavy (non-hydrogen) atoms. The number of aliphatic imine (C=N–C) groups is 1. The van der Waals surface area contributed by atoms with Gasteiger partial charge in [-0.25, -0.2) is 0 Å². The molecule has 1 heterocycles. The van der Waals surface area contributed by atoms with Crippen LogP contribution in [0.4, 0.5) is 11.4 Å². The fourth-order valence-corrected chi connectivity index (χ4v) is 5.23. The largest absolute Gasteiger partial charge is 0.339 e. The normalized spacial score (nSPS) is 13.7. The molecule has 0 spiro atoms. The Labute approximate surface area is 227 Å². The molecular formula is C34H29N3O2. The zero-order valence-electron chi connectivity index (χ0n) is 21.6. The van der Waals surface area contributed by atoms with Gasteiger partial charge in [0.1, 0.15) is 0 Å². The van der Waals surface area contributed by atoms with Crippen LogP contribution in [-0.2, 0) is 0 Å². The molecular weight excluding hydrogens is 482 g/mol. The highest BCUT2D eigenvalue weighted by atomic mass is 16.2. The molecule has 1 aliphatic heterocycles. The number of anilines is 1. The topological polar surface area (TPSA) is 61.8 Å². The molecule has 2 amide bonds. The Morgan fingerprint density at radius 3 is 2.05 bits per heavy atom. The Morgan fingerprint density at radius 1 is 0.692 bits per heavy atom. The van der Waals surface area contributed by atoms with Gasteiger partial charge in [0.2, 0.25) is 0 Å². The number of piperidine rings is 1. The summed E-state index contributed by atoms with van der Waals surface area (Å²) < 4.78 is 0. The molecule has 0 aromatic heterocycles. The van der Waals surface area contributed by atoms with Crippen LogP contribution < -0.4 is 5.32 Å². The first-order valence-electron chi connectivity index (χ1n) is 13.4. The van der Waals surface area contributed by atoms with E-state index in [0.717, 1.165) is 53.0 Å². The smallest absolute Gasteiger partial charge is 0.255 e. The summed E-state index contributed by atoms with van der Waals surface area (Å²) >= 11 is 0. The van der Waals surface area contributed by atoms with Crippen LogP contribution in [-0.4, -0.2) is 36.0 Å². The number of carbonyl (C=O) groups is 2. The summed E-state index contributed by atoms with van der Waals surface area (Å²) in [4.78, 5) is 32.4. The van der Waals surface area contributed by atoms with E-state index in [4.69, 9.17) is 4.99 Å². The Hall–Kier alpha value is -4.77. The van der Waals surface area contributed by atoms with Crippen LogP contribution in [0.1, 0.15) is 45.5 Å². The van der Waals surface area contributed by atoms with Crippen LogP contribution in [0.2, 0.25) is 0 Å². The molecule has 1 saturated heterocycles. The molecule has 0 unspecified atom stereocenters. The number of benzene rings is 5. The first-order chi connectivity index (χ1) is 19.2. The third kappa shape index (κ3) is 5.30. The van der Waals surface area contributed by atoms with Crippen LogP contribution in [0.3, 0.4) is 0 Å². The third-order valence-corrected chi connectivity index (χ3v) is 7.30. The van der Waals surface area contributed by atoms with Crippen molar-refractivity contribution in [2.75, 3.05) is 18.4 Å². The van der Waals surface area contributed by atoms with Gasteiger partial charge >= 0.3 is 0 Å². The quantitative estimate of drug-likeness (QED) is 0.195. The van der Waals surface area contributed by atoms with Crippen LogP contribution in [0.15, 0.2) is 108 Å². The molecule has 0 radical (unpaired) electrons. The van der Waals surface area contributed by atoms with Gasteiger partial charge in [0.25, 0.3) is 11.8 Å². The van der Waals surface area contributed by atoms with Crippen molar-refractivity contribution in [2.45, 2.75) is 19.3 Å². The SMILES string of the molecule is O=C(Nc1ccc(C(=O)N2CCCCC2)cc1)c1cccc(N=Cc2c3ccccc3cc3ccccc23)c1. The Kier molecular flexibility index (Phi) is 6.88. The lowest BCUT2D eigenvalue weighted by Crippen LogP contribution is -2.35. The van der Waals surface area contributed by atoms with Crippen molar-refractivity contribution < 1.29 is 9.59 Å². The number of amides is 2. The van der Waals surface area contributed by atoms with E-state index in [9.17, 15) is 9.59 Å². The zero-order chi connectivity index (χ0) is 26.6. The summed E-state index contributed by atoms with van der Waals surface area (Å²) in [5.41, 5.74) is 3.55. The van der Waals surface area contributed by atoms with Gasteiger partial charge in [-0.1, -0.05) is 54.6 Å². The fraction of sp³-hybridized carbons (Fsp3) is 0.147. The summed E-state index contributed by atoms with van der Waals surface area (Å²) in [5.74, 6) is -0.171. The molecule has 0 bridgehead atoms. The molecule has 5 aromatic rings. The first kappa shape index (κ1) is 24.6. The van der Waals surface area contributed by atoms with Crippen molar-refractivity contribution in [1.29, 1.82) is 0 Å². The predicted molar refractivity (Wildman–Crippen MR) is 159 cm³/mol. The molecule has 1 aliphatic rings. The van der Waals surface area contributed by atoms with Crippen molar-refractivity contribution >= 4 is 50.9 Å². The average molecular weight is 512 g/mol. The van der Waals surface area contributed by atoms with Crippen molar-refractivity contribution in [2.24, 2.45) is 4.99 Å². The number of rotatable bonds is 5. The summed E-state index contributed by atoms with van der Waals surface area (Å²) in [6, 6.07) is 33.2. The van der Waals surface area contributed by atoms with E-state index in [-0.39, 0.29) is 11.8 Å². The van der Waals surface area contributed by atoms with E-state index in [1.54, 1.807) is 36.4 Å². The van der Waals surface area contributed by atoms with Crippen molar-refractivity contribution in [3.05, 3.63) is 120 Å². The highest BCUT2D eigenvalue weighted by Crippen LogP contribution is 2.28. The van der Waals surface area contributed by atoms with E-state index in [2.05, 4.69) is 35.6 Å². The van der Waals surface area contributed by atoms with Crippen LogP contribution in [0.5, 0.6) is 0 Å². The van der Waals surface area contributed by atoms with E-state index in [0.29, 0.717) is 22.5 Å². The van der Waals surface area contributed by atoms with Gasteiger partial charge < -0.3 is 10.2 Å². The van der Waals surface area contributed by atoms with Crippen LogP contribution >= 0.6 is 0 Å². The van der Waals surface area contributed by atoms with Crippen LogP contribution in [0.25, 0.3) is 21.5 Å². The molecule has 1 fully saturated rings. The molecule has 5 heteroatoms. The summed E-state index contributed by atoms with van der Waals surface area (Å²) in [7, 11) is 0. The number of likely N-dealkylation sites (tertiary alicyclic amines) is 1. The van der Waals surface area contributed by atoms with Gasteiger partial charge in [-0.3, -0.25) is 14.6 Å². The number of nitrogens with one attached hydrogen (secondary N) is 1. The van der Waals surface area contributed by atoms with Gasteiger partial charge in [-0.15, -0.1) is 0 Å².